The minimum atomic E-state index is -0.138. The van der Waals surface area contributed by atoms with Gasteiger partial charge >= 0.3 is 0 Å². The third-order valence-electron chi connectivity index (χ3n) is 4.09. The molecule has 130 valence electrons. The molecule has 0 aliphatic carbocycles. The Kier molecular flexibility index (Phi) is 4.41. The van der Waals surface area contributed by atoms with E-state index >= 15 is 0 Å². The van der Waals surface area contributed by atoms with Gasteiger partial charge in [0.25, 0.3) is 5.91 Å². The average molecular weight is 362 g/mol. The first-order valence-corrected chi connectivity index (χ1v) is 9.19. The van der Waals surface area contributed by atoms with Gasteiger partial charge in [-0.2, -0.15) is 5.10 Å². The maximum Gasteiger partial charge on any atom is 0.257 e. The first-order valence-electron chi connectivity index (χ1n) is 8.31. The molecule has 0 unspecified atom stereocenters. The van der Waals surface area contributed by atoms with Gasteiger partial charge in [-0.15, -0.1) is 11.3 Å². The molecule has 1 aromatic carbocycles. The van der Waals surface area contributed by atoms with E-state index in [-0.39, 0.29) is 5.91 Å². The van der Waals surface area contributed by atoms with E-state index in [0.29, 0.717) is 12.1 Å². The lowest BCUT2D eigenvalue weighted by atomic mass is 10.2. The van der Waals surface area contributed by atoms with Crippen molar-refractivity contribution in [3.63, 3.8) is 0 Å². The van der Waals surface area contributed by atoms with Crippen LogP contribution in [-0.2, 0) is 6.54 Å². The van der Waals surface area contributed by atoms with Crippen molar-refractivity contribution >= 4 is 17.2 Å². The molecule has 0 aliphatic heterocycles. The van der Waals surface area contributed by atoms with Crippen molar-refractivity contribution in [1.82, 2.24) is 19.7 Å². The van der Waals surface area contributed by atoms with Gasteiger partial charge in [0.15, 0.2) is 5.82 Å². The van der Waals surface area contributed by atoms with Crippen LogP contribution in [0, 0.1) is 6.92 Å². The Labute approximate surface area is 155 Å². The fourth-order valence-corrected chi connectivity index (χ4v) is 3.50. The van der Waals surface area contributed by atoms with E-state index in [2.05, 4.69) is 10.4 Å². The molecule has 5 nitrogen and oxygen atoms in total. The van der Waals surface area contributed by atoms with Crippen LogP contribution in [0.15, 0.2) is 72.5 Å². The highest BCUT2D eigenvalue weighted by molar-refractivity contribution is 7.09. The van der Waals surface area contributed by atoms with Crippen molar-refractivity contribution in [3.8, 4) is 11.5 Å². The van der Waals surface area contributed by atoms with Crippen molar-refractivity contribution < 1.29 is 4.79 Å². The van der Waals surface area contributed by atoms with Gasteiger partial charge in [0.1, 0.15) is 5.56 Å². The van der Waals surface area contributed by atoms with Crippen LogP contribution in [0.25, 0.3) is 11.5 Å². The number of nitrogens with one attached hydrogen (secondary N) is 1. The standard InChI is InChI=1S/C20H18N4OS/c1-15-6-4-7-16(12-15)24-20(23-9-2-3-10-23)18(14-22-24)19(25)21-13-17-8-5-11-26-17/h2-12,14H,13H2,1H3,(H,21,25). The number of aryl methyl sites for hydroxylation is 1. The van der Waals surface area contributed by atoms with Gasteiger partial charge in [-0.25, -0.2) is 4.68 Å². The highest BCUT2D eigenvalue weighted by Gasteiger charge is 2.19. The monoisotopic (exact) mass is 362 g/mol. The van der Waals surface area contributed by atoms with Crippen LogP contribution >= 0.6 is 11.3 Å². The fourth-order valence-electron chi connectivity index (χ4n) is 2.85. The summed E-state index contributed by atoms with van der Waals surface area (Å²) in [7, 11) is 0. The zero-order chi connectivity index (χ0) is 17.9. The molecule has 0 saturated carbocycles. The summed E-state index contributed by atoms with van der Waals surface area (Å²) < 4.78 is 3.71. The Morgan fingerprint density at radius 2 is 2.00 bits per heavy atom. The fraction of sp³-hybridized carbons (Fsp3) is 0.100. The normalized spacial score (nSPS) is 10.8. The molecule has 0 atom stereocenters. The molecule has 1 amide bonds. The predicted octanol–water partition coefficient (Wildman–Crippen LogP) is 3.96. The average Bonchev–Trinajstić information content (AvgIpc) is 3.40. The number of carbonyl (C=O) groups excluding carboxylic acids is 1. The third kappa shape index (κ3) is 3.19. The summed E-state index contributed by atoms with van der Waals surface area (Å²) in [6.45, 7) is 2.55. The molecule has 4 rings (SSSR count). The number of benzene rings is 1. The Bertz CT molecular complexity index is 1020. The molecular formula is C20H18N4OS. The summed E-state index contributed by atoms with van der Waals surface area (Å²) >= 11 is 1.62. The van der Waals surface area contributed by atoms with E-state index in [9.17, 15) is 4.79 Å². The Morgan fingerprint density at radius 1 is 1.15 bits per heavy atom. The molecule has 0 radical (unpaired) electrons. The lowest BCUT2D eigenvalue weighted by Crippen LogP contribution is -2.23. The molecule has 0 saturated heterocycles. The summed E-state index contributed by atoms with van der Waals surface area (Å²) in [6.07, 6.45) is 5.46. The molecule has 4 aromatic rings. The van der Waals surface area contributed by atoms with Crippen molar-refractivity contribution in [1.29, 1.82) is 0 Å². The van der Waals surface area contributed by atoms with Gasteiger partial charge in [0.05, 0.1) is 18.4 Å². The molecule has 0 fully saturated rings. The number of nitrogens with zero attached hydrogens (tertiary/aromatic N) is 3. The number of hydrogen-bond acceptors (Lipinski definition) is 3. The van der Waals surface area contributed by atoms with Crippen LogP contribution in [0.1, 0.15) is 20.8 Å². The molecule has 26 heavy (non-hydrogen) atoms. The predicted molar refractivity (Wildman–Crippen MR) is 103 cm³/mol. The first kappa shape index (κ1) is 16.4. The van der Waals surface area contributed by atoms with Crippen LogP contribution in [0.5, 0.6) is 0 Å². The molecule has 1 N–H and O–H groups in total. The van der Waals surface area contributed by atoms with Crippen molar-refractivity contribution in [2.24, 2.45) is 0 Å². The van der Waals surface area contributed by atoms with E-state index in [1.807, 2.05) is 77.8 Å². The minimum absolute atomic E-state index is 0.138. The molecular weight excluding hydrogens is 344 g/mol. The number of thiophene rings is 1. The number of carbonyl (C=O) groups is 1. The summed E-state index contributed by atoms with van der Waals surface area (Å²) in [4.78, 5) is 13.9. The highest BCUT2D eigenvalue weighted by Crippen LogP contribution is 2.21. The highest BCUT2D eigenvalue weighted by atomic mass is 32.1. The van der Waals surface area contributed by atoms with Crippen LogP contribution in [0.4, 0.5) is 0 Å². The Morgan fingerprint density at radius 3 is 2.73 bits per heavy atom. The van der Waals surface area contributed by atoms with Crippen LogP contribution in [0.3, 0.4) is 0 Å². The molecule has 0 bridgehead atoms. The number of amides is 1. The minimum Gasteiger partial charge on any atom is -0.347 e. The third-order valence-corrected chi connectivity index (χ3v) is 4.96. The summed E-state index contributed by atoms with van der Waals surface area (Å²) in [6, 6.07) is 15.9. The van der Waals surface area contributed by atoms with Gasteiger partial charge in [-0.05, 0) is 48.2 Å². The summed E-state index contributed by atoms with van der Waals surface area (Å²) in [5.41, 5.74) is 2.60. The SMILES string of the molecule is Cc1cccc(-n2ncc(C(=O)NCc3cccs3)c2-n2cccc2)c1. The van der Waals surface area contributed by atoms with Gasteiger partial charge in [0.2, 0.25) is 0 Å². The zero-order valence-corrected chi connectivity index (χ0v) is 15.1. The lowest BCUT2D eigenvalue weighted by molar-refractivity contribution is 0.0951. The second-order valence-corrected chi connectivity index (χ2v) is 7.02. The van der Waals surface area contributed by atoms with Crippen molar-refractivity contribution in [3.05, 3.63) is 88.5 Å². The second-order valence-electron chi connectivity index (χ2n) is 5.99. The Hall–Kier alpha value is -3.12. The quantitative estimate of drug-likeness (QED) is 0.584. The van der Waals surface area contributed by atoms with Crippen LogP contribution in [0.2, 0.25) is 0 Å². The summed E-state index contributed by atoms with van der Waals surface area (Å²) in [5, 5.41) is 9.47. The number of aromatic nitrogens is 3. The Balaban J connectivity index is 1.72. The molecule has 3 heterocycles. The maximum atomic E-state index is 12.8. The molecule has 0 spiro atoms. The van der Waals surface area contributed by atoms with Crippen LogP contribution in [-0.4, -0.2) is 20.3 Å². The van der Waals surface area contributed by atoms with Crippen molar-refractivity contribution in [2.45, 2.75) is 13.5 Å². The van der Waals surface area contributed by atoms with Gasteiger partial charge in [-0.3, -0.25) is 4.79 Å². The maximum absolute atomic E-state index is 12.8. The number of hydrogen-bond donors (Lipinski definition) is 1. The van der Waals surface area contributed by atoms with Gasteiger partial charge < -0.3 is 9.88 Å². The topological polar surface area (TPSA) is 51.9 Å². The van der Waals surface area contributed by atoms with Gasteiger partial charge in [0, 0.05) is 17.3 Å². The smallest absolute Gasteiger partial charge is 0.257 e. The van der Waals surface area contributed by atoms with E-state index < -0.39 is 0 Å². The number of rotatable bonds is 5. The lowest BCUT2D eigenvalue weighted by Gasteiger charge is -2.11. The van der Waals surface area contributed by atoms with E-state index in [1.54, 1.807) is 22.2 Å². The summed E-state index contributed by atoms with van der Waals surface area (Å²) in [5.74, 6) is 0.588. The van der Waals surface area contributed by atoms with E-state index in [0.717, 1.165) is 21.9 Å². The first-order chi connectivity index (χ1) is 12.7. The molecule has 3 aromatic heterocycles. The van der Waals surface area contributed by atoms with E-state index in [4.69, 9.17) is 0 Å². The van der Waals surface area contributed by atoms with Crippen LogP contribution < -0.4 is 5.32 Å². The van der Waals surface area contributed by atoms with E-state index in [1.165, 1.54) is 0 Å². The van der Waals surface area contributed by atoms with Gasteiger partial charge in [-0.1, -0.05) is 18.2 Å². The largest absolute Gasteiger partial charge is 0.347 e. The zero-order valence-electron chi connectivity index (χ0n) is 14.3. The molecule has 6 heteroatoms. The second kappa shape index (κ2) is 7.01. The molecule has 0 aliphatic rings. The van der Waals surface area contributed by atoms with Crippen molar-refractivity contribution in [2.75, 3.05) is 0 Å².